The Morgan fingerprint density at radius 3 is 2.79 bits per heavy atom. The largest absolute Gasteiger partial charge is 0.486 e. The van der Waals surface area contributed by atoms with Gasteiger partial charge in [0.05, 0.1) is 0 Å². The van der Waals surface area contributed by atoms with Crippen LogP contribution in [-0.4, -0.2) is 6.61 Å². The van der Waals surface area contributed by atoms with Gasteiger partial charge in [-0.05, 0) is 31.0 Å². The SMILES string of the molecule is CC/C=C\COc1ccc(C)cc1F. The van der Waals surface area contributed by atoms with Crippen LogP contribution in [0.3, 0.4) is 0 Å². The predicted octanol–water partition coefficient (Wildman–Crippen LogP) is 3.48. The molecule has 0 saturated heterocycles. The fourth-order valence-electron chi connectivity index (χ4n) is 1.10. The van der Waals surface area contributed by atoms with Gasteiger partial charge in [0.2, 0.25) is 0 Å². The molecule has 0 heterocycles. The highest BCUT2D eigenvalue weighted by Crippen LogP contribution is 2.17. The van der Waals surface area contributed by atoms with Crippen LogP contribution < -0.4 is 4.74 Å². The molecule has 0 saturated carbocycles. The fraction of sp³-hybridized carbons (Fsp3) is 0.333. The van der Waals surface area contributed by atoms with Gasteiger partial charge < -0.3 is 4.74 Å². The second-order valence-electron chi connectivity index (χ2n) is 3.12. The lowest BCUT2D eigenvalue weighted by Crippen LogP contribution is -1.96. The van der Waals surface area contributed by atoms with Gasteiger partial charge in [-0.2, -0.15) is 0 Å². The van der Waals surface area contributed by atoms with Gasteiger partial charge in [0.1, 0.15) is 6.61 Å². The van der Waals surface area contributed by atoms with Gasteiger partial charge in [-0.3, -0.25) is 0 Å². The molecule has 0 fully saturated rings. The predicted molar refractivity (Wildman–Crippen MR) is 56.1 cm³/mol. The molecule has 0 aliphatic rings. The Hall–Kier alpha value is -1.31. The Bertz CT molecular complexity index is 318. The molecule has 0 unspecified atom stereocenters. The lowest BCUT2D eigenvalue weighted by molar-refractivity contribution is 0.341. The summed E-state index contributed by atoms with van der Waals surface area (Å²) in [6, 6.07) is 4.96. The van der Waals surface area contributed by atoms with Crippen molar-refractivity contribution in [2.75, 3.05) is 6.61 Å². The van der Waals surface area contributed by atoms with Crippen molar-refractivity contribution >= 4 is 0 Å². The number of halogens is 1. The van der Waals surface area contributed by atoms with E-state index in [1.165, 1.54) is 6.07 Å². The number of ether oxygens (including phenoxy) is 1. The Morgan fingerprint density at radius 2 is 2.14 bits per heavy atom. The summed E-state index contributed by atoms with van der Waals surface area (Å²) in [5.74, 6) is 0.0197. The summed E-state index contributed by atoms with van der Waals surface area (Å²) in [5, 5.41) is 0. The van der Waals surface area contributed by atoms with Crippen LogP contribution in [0.2, 0.25) is 0 Å². The van der Waals surface area contributed by atoms with Crippen molar-refractivity contribution in [2.45, 2.75) is 20.3 Å². The fourth-order valence-corrected chi connectivity index (χ4v) is 1.10. The van der Waals surface area contributed by atoms with E-state index in [0.29, 0.717) is 12.4 Å². The summed E-state index contributed by atoms with van der Waals surface area (Å²) in [5.41, 5.74) is 0.902. The van der Waals surface area contributed by atoms with Gasteiger partial charge >= 0.3 is 0 Å². The maximum absolute atomic E-state index is 13.2. The number of hydrogen-bond acceptors (Lipinski definition) is 1. The summed E-state index contributed by atoms with van der Waals surface area (Å²) in [7, 11) is 0. The maximum atomic E-state index is 13.2. The molecule has 1 aromatic carbocycles. The first-order valence-electron chi connectivity index (χ1n) is 4.78. The monoisotopic (exact) mass is 194 g/mol. The van der Waals surface area contributed by atoms with Crippen LogP contribution in [0.1, 0.15) is 18.9 Å². The van der Waals surface area contributed by atoms with E-state index in [2.05, 4.69) is 0 Å². The van der Waals surface area contributed by atoms with E-state index in [0.717, 1.165) is 12.0 Å². The smallest absolute Gasteiger partial charge is 0.165 e. The molecule has 0 radical (unpaired) electrons. The van der Waals surface area contributed by atoms with Gasteiger partial charge in [0.25, 0.3) is 0 Å². The molecule has 1 aromatic rings. The normalized spacial score (nSPS) is 10.8. The second-order valence-corrected chi connectivity index (χ2v) is 3.12. The average molecular weight is 194 g/mol. The number of benzene rings is 1. The molecule has 76 valence electrons. The van der Waals surface area contributed by atoms with Crippen molar-refractivity contribution in [1.29, 1.82) is 0 Å². The molecule has 0 aliphatic heterocycles. The molecule has 0 aromatic heterocycles. The summed E-state index contributed by atoms with van der Waals surface area (Å²) in [6.45, 7) is 4.32. The molecular formula is C12H15FO. The van der Waals surface area contributed by atoms with Crippen LogP contribution in [0.4, 0.5) is 4.39 Å². The van der Waals surface area contributed by atoms with E-state index < -0.39 is 0 Å². The quantitative estimate of drug-likeness (QED) is 0.667. The Morgan fingerprint density at radius 1 is 1.36 bits per heavy atom. The Labute approximate surface area is 84.2 Å². The first-order chi connectivity index (χ1) is 6.74. The molecule has 14 heavy (non-hydrogen) atoms. The summed E-state index contributed by atoms with van der Waals surface area (Å²) in [6.07, 6.45) is 4.85. The lowest BCUT2D eigenvalue weighted by atomic mass is 10.2. The molecule has 0 atom stereocenters. The van der Waals surface area contributed by atoms with Crippen LogP contribution in [-0.2, 0) is 0 Å². The highest BCUT2D eigenvalue weighted by molar-refractivity contribution is 5.28. The van der Waals surface area contributed by atoms with Crippen molar-refractivity contribution < 1.29 is 9.13 Å². The van der Waals surface area contributed by atoms with E-state index >= 15 is 0 Å². The number of hydrogen-bond donors (Lipinski definition) is 0. The van der Waals surface area contributed by atoms with Gasteiger partial charge in [-0.1, -0.05) is 25.1 Å². The van der Waals surface area contributed by atoms with Crippen molar-refractivity contribution in [2.24, 2.45) is 0 Å². The van der Waals surface area contributed by atoms with Crippen molar-refractivity contribution in [3.05, 3.63) is 41.7 Å². The molecule has 0 spiro atoms. The van der Waals surface area contributed by atoms with Crippen molar-refractivity contribution in [1.82, 2.24) is 0 Å². The molecule has 0 N–H and O–H groups in total. The second kappa shape index (κ2) is 5.43. The zero-order valence-electron chi connectivity index (χ0n) is 8.59. The molecule has 0 aliphatic carbocycles. The third kappa shape index (κ3) is 3.21. The number of allylic oxidation sites excluding steroid dienone is 1. The lowest BCUT2D eigenvalue weighted by Gasteiger charge is -2.04. The first-order valence-corrected chi connectivity index (χ1v) is 4.78. The highest BCUT2D eigenvalue weighted by atomic mass is 19.1. The van der Waals surface area contributed by atoms with E-state index in [1.54, 1.807) is 6.07 Å². The minimum absolute atomic E-state index is 0.296. The van der Waals surface area contributed by atoms with E-state index in [9.17, 15) is 4.39 Å². The van der Waals surface area contributed by atoms with E-state index in [1.807, 2.05) is 32.1 Å². The third-order valence-corrected chi connectivity index (χ3v) is 1.82. The molecule has 1 nitrogen and oxygen atoms in total. The Balaban J connectivity index is 2.55. The highest BCUT2D eigenvalue weighted by Gasteiger charge is 2.01. The Kier molecular flexibility index (Phi) is 4.17. The topological polar surface area (TPSA) is 9.23 Å². The van der Waals surface area contributed by atoms with E-state index in [4.69, 9.17) is 4.74 Å². The summed E-state index contributed by atoms with van der Waals surface area (Å²) in [4.78, 5) is 0. The molecular weight excluding hydrogens is 179 g/mol. The first kappa shape index (κ1) is 10.8. The molecule has 0 bridgehead atoms. The van der Waals surface area contributed by atoms with Gasteiger partial charge in [-0.25, -0.2) is 4.39 Å². The summed E-state index contributed by atoms with van der Waals surface area (Å²) < 4.78 is 18.4. The van der Waals surface area contributed by atoms with Gasteiger partial charge in [-0.15, -0.1) is 0 Å². The average Bonchev–Trinajstić information content (AvgIpc) is 2.15. The standard InChI is InChI=1S/C12H15FO/c1-3-4-5-8-14-12-7-6-10(2)9-11(12)13/h4-7,9H,3,8H2,1-2H3/b5-4-. The number of aryl methyl sites for hydroxylation is 1. The zero-order chi connectivity index (χ0) is 10.4. The minimum atomic E-state index is -0.296. The third-order valence-electron chi connectivity index (χ3n) is 1.82. The zero-order valence-corrected chi connectivity index (χ0v) is 8.59. The number of rotatable bonds is 4. The van der Waals surface area contributed by atoms with Crippen molar-refractivity contribution in [3.63, 3.8) is 0 Å². The maximum Gasteiger partial charge on any atom is 0.165 e. The molecule has 1 rings (SSSR count). The van der Waals surface area contributed by atoms with E-state index in [-0.39, 0.29) is 5.82 Å². The van der Waals surface area contributed by atoms with Crippen LogP contribution in [0.15, 0.2) is 30.4 Å². The van der Waals surface area contributed by atoms with Crippen LogP contribution in [0.5, 0.6) is 5.75 Å². The van der Waals surface area contributed by atoms with Crippen molar-refractivity contribution in [3.8, 4) is 5.75 Å². The minimum Gasteiger partial charge on any atom is -0.486 e. The van der Waals surface area contributed by atoms with Gasteiger partial charge in [0, 0.05) is 0 Å². The van der Waals surface area contributed by atoms with Crippen LogP contribution in [0, 0.1) is 12.7 Å². The van der Waals surface area contributed by atoms with Crippen LogP contribution in [0.25, 0.3) is 0 Å². The molecule has 0 amide bonds. The van der Waals surface area contributed by atoms with Gasteiger partial charge in [0.15, 0.2) is 11.6 Å². The summed E-state index contributed by atoms with van der Waals surface area (Å²) >= 11 is 0. The van der Waals surface area contributed by atoms with Crippen LogP contribution >= 0.6 is 0 Å². The molecule has 2 heteroatoms.